The van der Waals surface area contributed by atoms with Crippen LogP contribution < -0.4 is 29.2 Å². The van der Waals surface area contributed by atoms with Crippen LogP contribution in [0, 0.1) is 13.8 Å². The number of fused-ring (bicyclic) bond motifs is 1. The van der Waals surface area contributed by atoms with Crippen molar-refractivity contribution >= 4 is 23.0 Å². The molecule has 6 rings (SSSR count). The summed E-state index contributed by atoms with van der Waals surface area (Å²) in [5.41, 5.74) is 6.07. The van der Waals surface area contributed by atoms with Gasteiger partial charge in [-0.05, 0) is 74.1 Å². The first-order valence-corrected chi connectivity index (χ1v) is 12.7. The molecule has 0 unspecified atom stereocenters. The molecule has 9 heteroatoms. The summed E-state index contributed by atoms with van der Waals surface area (Å²) in [6, 6.07) is 19.6. The molecule has 2 aliphatic heterocycles. The lowest BCUT2D eigenvalue weighted by Gasteiger charge is -2.29. The largest absolute Gasteiger partial charge is 0.497 e. The molecule has 2 aromatic heterocycles. The minimum absolute atomic E-state index is 0.179. The van der Waals surface area contributed by atoms with E-state index in [0.717, 1.165) is 45.5 Å². The molecule has 4 aromatic rings. The Balaban J connectivity index is 1.51. The smallest absolute Gasteiger partial charge is 0.231 e. The van der Waals surface area contributed by atoms with Gasteiger partial charge < -0.3 is 33.7 Å². The van der Waals surface area contributed by atoms with Crippen LogP contribution in [0.1, 0.15) is 34.7 Å². The number of nitrogens with zero attached hydrogens (tertiary/aromatic N) is 3. The number of hydrogen-bond acceptors (Lipinski definition) is 6. The summed E-state index contributed by atoms with van der Waals surface area (Å²) in [7, 11) is 3.29. The summed E-state index contributed by atoms with van der Waals surface area (Å²) >= 11 is 5.94. The summed E-state index contributed by atoms with van der Waals surface area (Å²) in [6.07, 6.45) is 1.81. The Labute approximate surface area is 226 Å². The van der Waals surface area contributed by atoms with Crippen LogP contribution in [0.3, 0.4) is 0 Å². The average Bonchev–Trinajstić information content (AvgIpc) is 3.63. The number of rotatable bonds is 6. The Morgan fingerprint density at radius 1 is 0.974 bits per heavy atom. The Morgan fingerprint density at radius 3 is 2.58 bits per heavy atom. The number of aryl methyl sites for hydroxylation is 1. The highest BCUT2D eigenvalue weighted by Gasteiger charge is 2.43. The van der Waals surface area contributed by atoms with Crippen molar-refractivity contribution in [3.05, 3.63) is 89.5 Å². The zero-order valence-corrected chi connectivity index (χ0v) is 22.4. The van der Waals surface area contributed by atoms with E-state index in [2.05, 4.69) is 45.7 Å². The number of ether oxygens (including phenoxy) is 4. The second-order valence-corrected chi connectivity index (χ2v) is 9.62. The van der Waals surface area contributed by atoms with Crippen molar-refractivity contribution in [2.75, 3.05) is 25.9 Å². The summed E-state index contributed by atoms with van der Waals surface area (Å²) in [5, 5.41) is 4.14. The number of pyridine rings is 1. The number of nitrogens with one attached hydrogen (secondary N) is 1. The van der Waals surface area contributed by atoms with Gasteiger partial charge in [0.25, 0.3) is 0 Å². The second kappa shape index (κ2) is 9.57. The molecule has 4 heterocycles. The molecule has 38 heavy (non-hydrogen) atoms. The lowest BCUT2D eigenvalue weighted by atomic mass is 9.96. The number of anilines is 1. The second-order valence-electron chi connectivity index (χ2n) is 9.23. The Bertz CT molecular complexity index is 1520. The number of hydrogen-bond donors (Lipinski definition) is 1. The third-order valence-electron chi connectivity index (χ3n) is 7.15. The quantitative estimate of drug-likeness (QED) is 0.333. The van der Waals surface area contributed by atoms with Gasteiger partial charge in [-0.1, -0.05) is 6.07 Å². The van der Waals surface area contributed by atoms with Gasteiger partial charge in [0.2, 0.25) is 6.79 Å². The van der Waals surface area contributed by atoms with E-state index in [0.29, 0.717) is 16.6 Å². The maximum Gasteiger partial charge on any atom is 0.231 e. The molecule has 1 N–H and O–H groups in total. The fourth-order valence-electron chi connectivity index (χ4n) is 5.42. The molecule has 0 saturated carbocycles. The van der Waals surface area contributed by atoms with Crippen LogP contribution in [0.4, 0.5) is 5.69 Å². The van der Waals surface area contributed by atoms with Crippen molar-refractivity contribution in [2.24, 2.45) is 0 Å². The minimum atomic E-state index is -0.186. The fraction of sp³-hybridized carbons (Fsp3) is 0.241. The molecule has 0 aliphatic carbocycles. The molecule has 8 nitrogen and oxygen atoms in total. The third-order valence-corrected chi connectivity index (χ3v) is 7.46. The van der Waals surface area contributed by atoms with Gasteiger partial charge in [-0.3, -0.25) is 4.98 Å². The van der Waals surface area contributed by atoms with E-state index in [1.54, 1.807) is 14.2 Å². The standard InChI is InChI=1S/C29H28N4O4S/c1-17-13-21(18(2)32(17)19-8-11-24-26(14-19)37-16-36-24)28-27(22-7-5-6-12-30-22)31-29(38)33(28)23-10-9-20(34-3)15-25(23)35-4/h5-15,27-28H,16H2,1-4H3,(H,31,38)/t27-,28+/m1/s1. The highest BCUT2D eigenvalue weighted by Crippen LogP contribution is 2.47. The molecule has 0 bridgehead atoms. The molecule has 2 atom stereocenters. The first-order valence-electron chi connectivity index (χ1n) is 12.3. The van der Waals surface area contributed by atoms with E-state index in [9.17, 15) is 0 Å². The predicted octanol–water partition coefficient (Wildman–Crippen LogP) is 5.41. The Kier molecular flexibility index (Phi) is 6.07. The fourth-order valence-corrected chi connectivity index (χ4v) is 5.76. The normalized spacial score (nSPS) is 18.0. The molecule has 2 aromatic carbocycles. The highest BCUT2D eigenvalue weighted by molar-refractivity contribution is 7.80. The van der Waals surface area contributed by atoms with Crippen LogP contribution in [0.5, 0.6) is 23.0 Å². The lowest BCUT2D eigenvalue weighted by Crippen LogP contribution is -2.30. The lowest BCUT2D eigenvalue weighted by molar-refractivity contribution is 0.174. The molecule has 0 amide bonds. The van der Waals surface area contributed by atoms with Gasteiger partial charge in [0.15, 0.2) is 16.6 Å². The topological polar surface area (TPSA) is 70.0 Å². The van der Waals surface area contributed by atoms with Crippen molar-refractivity contribution in [1.82, 2.24) is 14.9 Å². The van der Waals surface area contributed by atoms with Crippen LogP contribution >= 0.6 is 12.2 Å². The van der Waals surface area contributed by atoms with Gasteiger partial charge in [-0.25, -0.2) is 0 Å². The van der Waals surface area contributed by atoms with Gasteiger partial charge in [0.1, 0.15) is 11.5 Å². The molecule has 194 valence electrons. The zero-order chi connectivity index (χ0) is 26.4. The molecule has 1 saturated heterocycles. The van der Waals surface area contributed by atoms with Crippen molar-refractivity contribution in [1.29, 1.82) is 0 Å². The molecular weight excluding hydrogens is 500 g/mol. The molecule has 2 aliphatic rings. The van der Waals surface area contributed by atoms with Crippen LogP contribution in [-0.4, -0.2) is 35.7 Å². The molecule has 0 radical (unpaired) electrons. The summed E-state index contributed by atoms with van der Waals surface area (Å²) in [4.78, 5) is 6.81. The summed E-state index contributed by atoms with van der Waals surface area (Å²) < 4.78 is 24.6. The van der Waals surface area contributed by atoms with Crippen molar-refractivity contribution in [2.45, 2.75) is 25.9 Å². The molecule has 0 spiro atoms. The van der Waals surface area contributed by atoms with Gasteiger partial charge in [0.05, 0.1) is 37.7 Å². The van der Waals surface area contributed by atoms with E-state index >= 15 is 0 Å². The van der Waals surface area contributed by atoms with Gasteiger partial charge in [-0.2, -0.15) is 0 Å². The number of thiocarbonyl (C=S) groups is 1. The molecular formula is C29H28N4O4S. The van der Waals surface area contributed by atoms with E-state index < -0.39 is 0 Å². The summed E-state index contributed by atoms with van der Waals surface area (Å²) in [5.74, 6) is 2.89. The van der Waals surface area contributed by atoms with Crippen LogP contribution in [0.25, 0.3) is 5.69 Å². The number of benzene rings is 2. The van der Waals surface area contributed by atoms with E-state index in [4.69, 9.17) is 31.2 Å². The zero-order valence-electron chi connectivity index (χ0n) is 21.6. The first kappa shape index (κ1) is 24.1. The van der Waals surface area contributed by atoms with Crippen LogP contribution in [-0.2, 0) is 0 Å². The summed E-state index contributed by atoms with van der Waals surface area (Å²) in [6.45, 7) is 4.48. The van der Waals surface area contributed by atoms with Crippen LogP contribution in [0.2, 0.25) is 0 Å². The maximum atomic E-state index is 5.94. The maximum absolute atomic E-state index is 5.94. The van der Waals surface area contributed by atoms with E-state index in [1.807, 2.05) is 54.7 Å². The van der Waals surface area contributed by atoms with Gasteiger partial charge >= 0.3 is 0 Å². The number of aromatic nitrogens is 2. The van der Waals surface area contributed by atoms with Gasteiger partial charge in [-0.15, -0.1) is 0 Å². The van der Waals surface area contributed by atoms with Crippen molar-refractivity contribution in [3.8, 4) is 28.7 Å². The Morgan fingerprint density at radius 2 is 1.82 bits per heavy atom. The Hall–Kier alpha value is -4.24. The SMILES string of the molecule is COc1ccc(N2C(=S)N[C@H](c3ccccn3)[C@@H]2c2cc(C)n(-c3ccc4c(c3)OCO4)c2C)c(OC)c1. The third kappa shape index (κ3) is 3.90. The number of methoxy groups -OCH3 is 2. The first-order chi connectivity index (χ1) is 18.5. The predicted molar refractivity (Wildman–Crippen MR) is 149 cm³/mol. The van der Waals surface area contributed by atoms with Gasteiger partial charge in [0, 0.05) is 35.4 Å². The highest BCUT2D eigenvalue weighted by atomic mass is 32.1. The average molecular weight is 529 g/mol. The van der Waals surface area contributed by atoms with Crippen LogP contribution in [0.15, 0.2) is 66.9 Å². The minimum Gasteiger partial charge on any atom is -0.497 e. The molecule has 1 fully saturated rings. The monoisotopic (exact) mass is 528 g/mol. The van der Waals surface area contributed by atoms with Crippen molar-refractivity contribution in [3.63, 3.8) is 0 Å². The van der Waals surface area contributed by atoms with E-state index in [1.165, 1.54) is 0 Å². The van der Waals surface area contributed by atoms with E-state index in [-0.39, 0.29) is 18.9 Å². The van der Waals surface area contributed by atoms with Crippen molar-refractivity contribution < 1.29 is 18.9 Å².